The zero-order chi connectivity index (χ0) is 22.9. The van der Waals surface area contributed by atoms with Gasteiger partial charge in [0, 0.05) is 26.2 Å². The summed E-state index contributed by atoms with van der Waals surface area (Å²) in [7, 11) is 0. The minimum absolute atomic E-state index is 0.527. The molecular formula is C30H38N2. The summed E-state index contributed by atoms with van der Waals surface area (Å²) in [6.07, 6.45) is 18.1. The second-order valence-corrected chi connectivity index (χ2v) is 7.90. The predicted octanol–water partition coefficient (Wildman–Crippen LogP) is 6.94. The Morgan fingerprint density at radius 3 is 1.62 bits per heavy atom. The van der Waals surface area contributed by atoms with Gasteiger partial charge in [-0.2, -0.15) is 0 Å². The molecular weight excluding hydrogens is 388 g/mol. The van der Waals surface area contributed by atoms with Crippen LogP contribution in [0.15, 0.2) is 98.6 Å². The van der Waals surface area contributed by atoms with Crippen LogP contribution in [0.5, 0.6) is 0 Å². The molecule has 2 nitrogen and oxygen atoms in total. The molecule has 0 fully saturated rings. The summed E-state index contributed by atoms with van der Waals surface area (Å²) in [5.41, 5.74) is 4.90. The van der Waals surface area contributed by atoms with Crippen molar-refractivity contribution in [3.05, 3.63) is 121 Å². The molecule has 1 unspecified atom stereocenters. The van der Waals surface area contributed by atoms with Crippen molar-refractivity contribution in [2.75, 3.05) is 13.1 Å². The lowest BCUT2D eigenvalue weighted by molar-refractivity contribution is 0.605. The maximum atomic E-state index is 4.00. The highest BCUT2D eigenvalue weighted by atomic mass is 14.8. The van der Waals surface area contributed by atoms with Gasteiger partial charge in [0.15, 0.2) is 0 Å². The van der Waals surface area contributed by atoms with Crippen molar-refractivity contribution < 1.29 is 0 Å². The van der Waals surface area contributed by atoms with E-state index >= 15 is 0 Å². The summed E-state index contributed by atoms with van der Waals surface area (Å²) in [4.78, 5) is 0. The second kappa shape index (κ2) is 15.8. The SMILES string of the molecule is C=Cc1ccc(CNCC=CCCC(C=C)CC=CCNCc2ccc(C=C)cc2)cc1. The molecule has 1 atom stereocenters. The average molecular weight is 427 g/mol. The van der Waals surface area contributed by atoms with Crippen molar-refractivity contribution in [2.45, 2.75) is 32.4 Å². The van der Waals surface area contributed by atoms with Crippen molar-refractivity contribution in [2.24, 2.45) is 5.92 Å². The number of benzene rings is 2. The fraction of sp³-hybridized carbons (Fsp3) is 0.267. The van der Waals surface area contributed by atoms with Gasteiger partial charge in [-0.25, -0.2) is 0 Å². The van der Waals surface area contributed by atoms with Crippen LogP contribution in [-0.4, -0.2) is 13.1 Å². The van der Waals surface area contributed by atoms with Gasteiger partial charge in [0.2, 0.25) is 0 Å². The van der Waals surface area contributed by atoms with E-state index in [4.69, 9.17) is 0 Å². The first kappa shape index (κ1) is 25.3. The highest BCUT2D eigenvalue weighted by molar-refractivity contribution is 5.47. The quantitative estimate of drug-likeness (QED) is 0.224. The van der Waals surface area contributed by atoms with E-state index in [1.165, 1.54) is 11.1 Å². The minimum atomic E-state index is 0.527. The first-order valence-corrected chi connectivity index (χ1v) is 11.5. The highest BCUT2D eigenvalue weighted by Crippen LogP contribution is 2.13. The summed E-state index contributed by atoms with van der Waals surface area (Å²) < 4.78 is 0. The Bertz CT molecular complexity index is 857. The van der Waals surface area contributed by atoms with Crippen molar-refractivity contribution in [3.63, 3.8) is 0 Å². The Morgan fingerprint density at radius 2 is 1.16 bits per heavy atom. The third-order valence-electron chi connectivity index (χ3n) is 5.42. The molecule has 0 spiro atoms. The Hall–Kier alpha value is -2.94. The van der Waals surface area contributed by atoms with Crippen molar-refractivity contribution in [3.8, 4) is 0 Å². The standard InChI is InChI=1S/C30H38N2/c1-4-26(13-9-11-23-32-25-30-20-16-28(6-3)17-21-30)12-8-7-10-22-31-24-29-18-14-27(5-2)15-19-29/h4-7,9-11,14-21,26,31-32H,1-3,8,12-13,22-25H2. The second-order valence-electron chi connectivity index (χ2n) is 7.90. The molecule has 0 aliphatic rings. The van der Waals surface area contributed by atoms with E-state index in [1.807, 2.05) is 12.2 Å². The fourth-order valence-electron chi connectivity index (χ4n) is 3.34. The van der Waals surface area contributed by atoms with E-state index < -0.39 is 0 Å². The van der Waals surface area contributed by atoms with Crippen molar-refractivity contribution in [1.82, 2.24) is 10.6 Å². The lowest BCUT2D eigenvalue weighted by Gasteiger charge is -2.08. The molecule has 0 radical (unpaired) electrons. The Balaban J connectivity index is 1.53. The van der Waals surface area contributed by atoms with Gasteiger partial charge in [0.1, 0.15) is 0 Å². The van der Waals surface area contributed by atoms with Crippen LogP contribution in [0.25, 0.3) is 12.2 Å². The molecule has 0 saturated heterocycles. The first-order valence-electron chi connectivity index (χ1n) is 11.5. The zero-order valence-electron chi connectivity index (χ0n) is 19.3. The molecule has 0 aliphatic carbocycles. The summed E-state index contributed by atoms with van der Waals surface area (Å²) >= 11 is 0. The molecule has 2 N–H and O–H groups in total. The van der Waals surface area contributed by atoms with Gasteiger partial charge >= 0.3 is 0 Å². The molecule has 0 aromatic heterocycles. The van der Waals surface area contributed by atoms with E-state index in [0.717, 1.165) is 56.6 Å². The van der Waals surface area contributed by atoms with Gasteiger partial charge in [-0.05, 0) is 47.4 Å². The number of hydrogen-bond donors (Lipinski definition) is 2. The molecule has 2 aromatic rings. The van der Waals surface area contributed by atoms with Gasteiger partial charge in [-0.3, -0.25) is 0 Å². The Labute approximate surface area is 195 Å². The van der Waals surface area contributed by atoms with E-state index in [1.54, 1.807) is 0 Å². The maximum Gasteiger partial charge on any atom is 0.0208 e. The Kier molecular flexibility index (Phi) is 12.5. The third kappa shape index (κ3) is 10.4. The van der Waals surface area contributed by atoms with Gasteiger partial charge in [-0.1, -0.05) is 104 Å². The van der Waals surface area contributed by atoms with E-state index in [2.05, 4.69) is 109 Å². The molecule has 0 bridgehead atoms. The van der Waals surface area contributed by atoms with Crippen LogP contribution < -0.4 is 10.6 Å². The normalized spacial score (nSPS) is 12.2. The minimum Gasteiger partial charge on any atom is -0.309 e. The largest absolute Gasteiger partial charge is 0.309 e. The first-order chi connectivity index (χ1) is 15.7. The number of allylic oxidation sites excluding steroid dienone is 3. The van der Waals surface area contributed by atoms with Gasteiger partial charge in [0.25, 0.3) is 0 Å². The predicted molar refractivity (Wildman–Crippen MR) is 142 cm³/mol. The summed E-state index contributed by atoms with van der Waals surface area (Å²) in [5.74, 6) is 0.527. The monoisotopic (exact) mass is 426 g/mol. The van der Waals surface area contributed by atoms with E-state index in [-0.39, 0.29) is 0 Å². The van der Waals surface area contributed by atoms with Crippen LogP contribution in [0.4, 0.5) is 0 Å². The molecule has 2 heteroatoms. The van der Waals surface area contributed by atoms with Gasteiger partial charge in [-0.15, -0.1) is 6.58 Å². The maximum absolute atomic E-state index is 4.00. The lowest BCUT2D eigenvalue weighted by Crippen LogP contribution is -2.12. The molecule has 2 aromatic carbocycles. The van der Waals surface area contributed by atoms with Crippen LogP contribution in [-0.2, 0) is 13.1 Å². The lowest BCUT2D eigenvalue weighted by atomic mass is 9.99. The molecule has 2 rings (SSSR count). The van der Waals surface area contributed by atoms with Crippen LogP contribution in [0.1, 0.15) is 41.5 Å². The molecule has 0 aliphatic heterocycles. The van der Waals surface area contributed by atoms with Crippen molar-refractivity contribution in [1.29, 1.82) is 0 Å². The number of rotatable bonds is 16. The van der Waals surface area contributed by atoms with Crippen LogP contribution in [0.3, 0.4) is 0 Å². The average Bonchev–Trinajstić information content (AvgIpc) is 2.84. The number of nitrogens with one attached hydrogen (secondary N) is 2. The molecule has 32 heavy (non-hydrogen) atoms. The van der Waals surface area contributed by atoms with Gasteiger partial charge in [0.05, 0.1) is 0 Å². The summed E-state index contributed by atoms with van der Waals surface area (Å²) in [5, 5.41) is 6.92. The highest BCUT2D eigenvalue weighted by Gasteiger charge is 2.00. The van der Waals surface area contributed by atoms with E-state index in [0.29, 0.717) is 5.92 Å². The van der Waals surface area contributed by atoms with E-state index in [9.17, 15) is 0 Å². The van der Waals surface area contributed by atoms with Gasteiger partial charge < -0.3 is 10.6 Å². The van der Waals surface area contributed by atoms with Crippen molar-refractivity contribution >= 4 is 12.2 Å². The van der Waals surface area contributed by atoms with Crippen LogP contribution >= 0.6 is 0 Å². The Morgan fingerprint density at radius 1 is 0.656 bits per heavy atom. The topological polar surface area (TPSA) is 24.1 Å². The third-order valence-corrected chi connectivity index (χ3v) is 5.42. The zero-order valence-corrected chi connectivity index (χ0v) is 19.3. The molecule has 0 heterocycles. The van der Waals surface area contributed by atoms with Crippen LogP contribution in [0.2, 0.25) is 0 Å². The smallest absolute Gasteiger partial charge is 0.0208 e. The summed E-state index contributed by atoms with van der Waals surface area (Å²) in [6, 6.07) is 17.0. The fourth-order valence-corrected chi connectivity index (χ4v) is 3.34. The summed E-state index contributed by atoms with van der Waals surface area (Å²) in [6.45, 7) is 15.1. The molecule has 0 saturated carbocycles. The molecule has 168 valence electrons. The number of hydrogen-bond acceptors (Lipinski definition) is 2. The van der Waals surface area contributed by atoms with Crippen LogP contribution in [0, 0.1) is 5.92 Å². The molecule has 0 amide bonds.